The Balaban J connectivity index is 1.85. The van der Waals surface area contributed by atoms with Crippen LogP contribution >= 0.6 is 11.6 Å². The van der Waals surface area contributed by atoms with Gasteiger partial charge in [-0.3, -0.25) is 9.59 Å². The van der Waals surface area contributed by atoms with E-state index in [1.807, 2.05) is 45.0 Å². The fraction of sp³-hybridized carbons (Fsp3) is 0.333. The first kappa shape index (κ1) is 27.6. The molecule has 192 valence electrons. The number of halogens is 1. The van der Waals surface area contributed by atoms with Gasteiger partial charge < -0.3 is 10.2 Å². The molecule has 3 aromatic carbocycles. The normalized spacial score (nSPS) is 13.0. The number of likely N-dealkylation sites (N-methyl/N-ethyl adjacent to an activating group) is 1. The van der Waals surface area contributed by atoms with E-state index in [0.29, 0.717) is 5.02 Å². The maximum absolute atomic E-state index is 13.4. The largest absolute Gasteiger partial charge is 0.350 e. The van der Waals surface area contributed by atoms with Crippen molar-refractivity contribution in [2.75, 3.05) is 13.6 Å². The van der Waals surface area contributed by atoms with Gasteiger partial charge in [-0.1, -0.05) is 54.1 Å². The molecule has 0 aromatic heterocycles. The van der Waals surface area contributed by atoms with E-state index in [-0.39, 0.29) is 17.3 Å². The van der Waals surface area contributed by atoms with Gasteiger partial charge in [0, 0.05) is 24.2 Å². The third kappa shape index (κ3) is 6.84. The Morgan fingerprint density at radius 3 is 2.19 bits per heavy atom. The third-order valence-corrected chi connectivity index (χ3v) is 7.77. The predicted octanol–water partition coefficient (Wildman–Crippen LogP) is 4.45. The van der Waals surface area contributed by atoms with Crippen molar-refractivity contribution < 1.29 is 18.0 Å². The Kier molecular flexibility index (Phi) is 8.44. The summed E-state index contributed by atoms with van der Waals surface area (Å²) in [4.78, 5) is 27.8. The number of nitrogens with one attached hydrogen (secondary N) is 1. The van der Waals surface area contributed by atoms with Gasteiger partial charge in [0.25, 0.3) is 0 Å². The zero-order valence-electron chi connectivity index (χ0n) is 21.2. The van der Waals surface area contributed by atoms with E-state index in [0.717, 1.165) is 20.6 Å². The highest BCUT2D eigenvalue weighted by Crippen LogP contribution is 2.22. The number of hydrogen-bond acceptors (Lipinski definition) is 4. The first-order chi connectivity index (χ1) is 16.8. The highest BCUT2D eigenvalue weighted by Gasteiger charge is 2.31. The second kappa shape index (κ2) is 11.0. The lowest BCUT2D eigenvalue weighted by Gasteiger charge is -2.32. The third-order valence-electron chi connectivity index (χ3n) is 5.72. The molecule has 0 unspecified atom stereocenters. The monoisotopic (exact) mass is 529 g/mol. The topological polar surface area (TPSA) is 86.8 Å². The van der Waals surface area contributed by atoms with E-state index in [1.54, 1.807) is 43.3 Å². The zero-order valence-corrected chi connectivity index (χ0v) is 22.7. The lowest BCUT2D eigenvalue weighted by molar-refractivity contribution is -0.141. The predicted molar refractivity (Wildman–Crippen MR) is 143 cm³/mol. The lowest BCUT2D eigenvalue weighted by atomic mass is 10.1. The van der Waals surface area contributed by atoms with Crippen LogP contribution in [0.25, 0.3) is 10.8 Å². The number of sulfonamides is 1. The van der Waals surface area contributed by atoms with Crippen molar-refractivity contribution in [3.63, 3.8) is 0 Å². The van der Waals surface area contributed by atoms with Gasteiger partial charge in [-0.15, -0.1) is 0 Å². The van der Waals surface area contributed by atoms with Gasteiger partial charge in [-0.2, -0.15) is 4.31 Å². The minimum atomic E-state index is -3.94. The molecule has 7 nitrogen and oxygen atoms in total. The van der Waals surface area contributed by atoms with Crippen LogP contribution in [-0.2, 0) is 26.2 Å². The summed E-state index contributed by atoms with van der Waals surface area (Å²) in [6, 6.07) is 18.4. The van der Waals surface area contributed by atoms with Crippen LogP contribution in [0.4, 0.5) is 0 Å². The summed E-state index contributed by atoms with van der Waals surface area (Å²) < 4.78 is 27.6. The zero-order chi connectivity index (χ0) is 26.7. The van der Waals surface area contributed by atoms with Crippen LogP contribution in [0, 0.1) is 0 Å². The molecule has 0 aliphatic rings. The van der Waals surface area contributed by atoms with E-state index < -0.39 is 34.1 Å². The Morgan fingerprint density at radius 1 is 0.972 bits per heavy atom. The van der Waals surface area contributed by atoms with Gasteiger partial charge in [0.1, 0.15) is 6.04 Å². The number of hydrogen-bond donors (Lipinski definition) is 1. The maximum Gasteiger partial charge on any atom is 0.243 e. The molecular weight excluding hydrogens is 498 g/mol. The van der Waals surface area contributed by atoms with Gasteiger partial charge in [0.2, 0.25) is 21.8 Å². The van der Waals surface area contributed by atoms with E-state index in [4.69, 9.17) is 11.6 Å². The van der Waals surface area contributed by atoms with Gasteiger partial charge in [-0.25, -0.2) is 8.42 Å². The van der Waals surface area contributed by atoms with Crippen molar-refractivity contribution in [1.29, 1.82) is 0 Å². The van der Waals surface area contributed by atoms with Gasteiger partial charge in [-0.05, 0) is 68.3 Å². The Bertz CT molecular complexity index is 1350. The number of rotatable bonds is 8. The van der Waals surface area contributed by atoms with Crippen molar-refractivity contribution in [2.24, 2.45) is 0 Å². The summed E-state index contributed by atoms with van der Waals surface area (Å²) in [7, 11) is -2.58. The van der Waals surface area contributed by atoms with Crippen LogP contribution in [0.1, 0.15) is 33.3 Å². The summed E-state index contributed by atoms with van der Waals surface area (Å²) >= 11 is 5.99. The van der Waals surface area contributed by atoms with Crippen molar-refractivity contribution in [3.8, 4) is 0 Å². The summed E-state index contributed by atoms with van der Waals surface area (Å²) in [6.07, 6.45) is 0. The number of nitrogens with zero attached hydrogens (tertiary/aromatic N) is 2. The number of carbonyl (C=O) groups is 2. The van der Waals surface area contributed by atoms with E-state index in [9.17, 15) is 18.0 Å². The first-order valence-electron chi connectivity index (χ1n) is 11.6. The SMILES string of the molecule is C[C@@H](C(=O)NC(C)(C)C)N(Cc1ccc(Cl)cc1)C(=O)CN(C)S(=O)(=O)c1ccc2ccccc2c1. The summed E-state index contributed by atoms with van der Waals surface area (Å²) in [5.74, 6) is -0.821. The van der Waals surface area contributed by atoms with E-state index >= 15 is 0 Å². The molecular formula is C27H32ClN3O4S. The Labute approximate surface area is 218 Å². The molecule has 0 fully saturated rings. The molecule has 0 heterocycles. The molecule has 0 radical (unpaired) electrons. The summed E-state index contributed by atoms with van der Waals surface area (Å²) in [5, 5.41) is 5.15. The Morgan fingerprint density at radius 2 is 1.58 bits per heavy atom. The smallest absolute Gasteiger partial charge is 0.243 e. The maximum atomic E-state index is 13.4. The molecule has 0 saturated heterocycles. The van der Waals surface area contributed by atoms with Crippen LogP contribution in [0.5, 0.6) is 0 Å². The number of fused-ring (bicyclic) bond motifs is 1. The quantitative estimate of drug-likeness (QED) is 0.467. The summed E-state index contributed by atoms with van der Waals surface area (Å²) in [5.41, 5.74) is 0.277. The molecule has 0 aliphatic heterocycles. The lowest BCUT2D eigenvalue weighted by Crippen LogP contribution is -2.54. The standard InChI is InChI=1S/C27H32ClN3O4S/c1-19(26(33)29-27(2,3)4)31(17-20-10-13-23(28)14-11-20)25(32)18-30(5)36(34,35)24-15-12-21-8-6-7-9-22(21)16-24/h6-16,19H,17-18H2,1-5H3,(H,29,33)/t19-/m0/s1. The molecule has 1 atom stereocenters. The van der Waals surface area contributed by atoms with Crippen molar-refractivity contribution in [1.82, 2.24) is 14.5 Å². The molecule has 2 amide bonds. The van der Waals surface area contributed by atoms with Crippen LogP contribution in [0.3, 0.4) is 0 Å². The number of carbonyl (C=O) groups excluding carboxylic acids is 2. The van der Waals surface area contributed by atoms with Gasteiger partial charge in [0.15, 0.2) is 0 Å². The summed E-state index contributed by atoms with van der Waals surface area (Å²) in [6.45, 7) is 6.90. The average molecular weight is 530 g/mol. The Hall–Kier alpha value is -2.94. The first-order valence-corrected chi connectivity index (χ1v) is 13.4. The highest BCUT2D eigenvalue weighted by atomic mass is 35.5. The van der Waals surface area contributed by atoms with Crippen molar-refractivity contribution in [3.05, 3.63) is 77.3 Å². The molecule has 0 aliphatic carbocycles. The second-order valence-electron chi connectivity index (χ2n) is 9.83. The number of amides is 2. The van der Waals surface area contributed by atoms with Gasteiger partial charge >= 0.3 is 0 Å². The minimum absolute atomic E-state index is 0.0966. The number of benzene rings is 3. The molecule has 0 spiro atoms. The van der Waals surface area contributed by atoms with E-state index in [1.165, 1.54) is 18.0 Å². The minimum Gasteiger partial charge on any atom is -0.350 e. The molecule has 9 heteroatoms. The molecule has 3 rings (SSSR count). The van der Waals surface area contributed by atoms with Crippen LogP contribution in [0.15, 0.2) is 71.6 Å². The molecule has 0 bridgehead atoms. The molecule has 3 aromatic rings. The molecule has 36 heavy (non-hydrogen) atoms. The fourth-order valence-corrected chi connectivity index (χ4v) is 5.00. The molecule has 1 N–H and O–H groups in total. The van der Waals surface area contributed by atoms with Crippen molar-refractivity contribution in [2.45, 2.75) is 50.7 Å². The highest BCUT2D eigenvalue weighted by molar-refractivity contribution is 7.89. The van der Waals surface area contributed by atoms with E-state index in [2.05, 4.69) is 5.32 Å². The second-order valence-corrected chi connectivity index (χ2v) is 12.3. The average Bonchev–Trinajstić information content (AvgIpc) is 2.81. The van der Waals surface area contributed by atoms with Crippen molar-refractivity contribution >= 4 is 44.2 Å². The van der Waals surface area contributed by atoms with Crippen LogP contribution in [0.2, 0.25) is 5.02 Å². The van der Waals surface area contributed by atoms with Crippen LogP contribution < -0.4 is 5.32 Å². The fourth-order valence-electron chi connectivity index (χ4n) is 3.72. The van der Waals surface area contributed by atoms with Gasteiger partial charge in [0.05, 0.1) is 11.4 Å². The van der Waals surface area contributed by atoms with Crippen LogP contribution in [-0.4, -0.2) is 54.6 Å². The molecule has 0 saturated carbocycles.